The van der Waals surface area contributed by atoms with Crippen LogP contribution in [0.4, 0.5) is 0 Å². The normalized spacial score (nSPS) is 21.7. The number of nitrogens with one attached hydrogen (secondary N) is 1. The van der Waals surface area contributed by atoms with Gasteiger partial charge in [0.1, 0.15) is 0 Å². The minimum atomic E-state index is -0.0157. The molecule has 3 rings (SSSR count). The number of amides is 1. The van der Waals surface area contributed by atoms with Crippen LogP contribution >= 0.6 is 0 Å². The van der Waals surface area contributed by atoms with Gasteiger partial charge in [0, 0.05) is 26.2 Å². The minimum absolute atomic E-state index is 0.0157. The van der Waals surface area contributed by atoms with Crippen LogP contribution in [0.3, 0.4) is 0 Å². The Morgan fingerprint density at radius 1 is 1.40 bits per heavy atom. The second-order valence-corrected chi connectivity index (χ2v) is 5.85. The highest BCUT2D eigenvalue weighted by atomic mass is 16.2. The Hall–Kier alpha value is -1.47. The number of hydrogen-bond acceptors (Lipinski definition) is 5. The highest BCUT2D eigenvalue weighted by Gasteiger charge is 2.27. The lowest BCUT2D eigenvalue weighted by atomic mass is 10.0. The molecule has 1 aromatic heterocycles. The maximum Gasteiger partial charge on any atom is 0.276 e. The van der Waals surface area contributed by atoms with E-state index in [0.717, 1.165) is 39.0 Å². The maximum absolute atomic E-state index is 12.4. The Kier molecular flexibility index (Phi) is 3.71. The molecule has 1 N–H and O–H groups in total. The molecule has 0 aromatic carbocycles. The van der Waals surface area contributed by atoms with E-state index in [1.54, 1.807) is 10.9 Å². The Balaban J connectivity index is 1.63. The predicted octanol–water partition coefficient (Wildman–Crippen LogP) is -0.411. The fraction of sp³-hybridized carbons (Fsp3) is 0.769. The van der Waals surface area contributed by atoms with E-state index in [1.807, 2.05) is 11.9 Å². The van der Waals surface area contributed by atoms with E-state index in [-0.39, 0.29) is 5.91 Å². The second kappa shape index (κ2) is 5.49. The van der Waals surface area contributed by atoms with E-state index >= 15 is 0 Å². The van der Waals surface area contributed by atoms with Gasteiger partial charge in [-0.25, -0.2) is 4.68 Å². The summed E-state index contributed by atoms with van der Waals surface area (Å²) in [7, 11) is 4.00. The molecular formula is C13H22N6O. The van der Waals surface area contributed by atoms with Crippen molar-refractivity contribution in [1.29, 1.82) is 0 Å². The minimum Gasteiger partial charge on any atom is -0.337 e. The molecule has 0 unspecified atom stereocenters. The van der Waals surface area contributed by atoms with Gasteiger partial charge in [-0.15, -0.1) is 5.10 Å². The SMILES string of the molecule is CN1CCC(N(C)C(=O)c2cn(C3CNC3)nn2)CC1. The summed E-state index contributed by atoms with van der Waals surface area (Å²) in [6, 6.07) is 0.659. The lowest BCUT2D eigenvalue weighted by Crippen LogP contribution is -2.44. The molecule has 0 saturated carbocycles. The highest BCUT2D eigenvalue weighted by molar-refractivity contribution is 5.91. The molecule has 0 spiro atoms. The number of carbonyl (C=O) groups excluding carboxylic acids is 1. The van der Waals surface area contributed by atoms with Crippen molar-refractivity contribution in [3.05, 3.63) is 11.9 Å². The molecule has 1 aromatic rings. The number of aromatic nitrogens is 3. The van der Waals surface area contributed by atoms with Crippen LogP contribution < -0.4 is 5.32 Å². The van der Waals surface area contributed by atoms with E-state index in [9.17, 15) is 4.79 Å². The molecule has 7 heteroatoms. The lowest BCUT2D eigenvalue weighted by molar-refractivity contribution is 0.0653. The quantitative estimate of drug-likeness (QED) is 0.814. The van der Waals surface area contributed by atoms with E-state index in [2.05, 4.69) is 27.6 Å². The zero-order valence-corrected chi connectivity index (χ0v) is 12.1. The zero-order chi connectivity index (χ0) is 14.1. The average molecular weight is 278 g/mol. The van der Waals surface area contributed by atoms with Crippen molar-refractivity contribution < 1.29 is 4.79 Å². The Morgan fingerprint density at radius 2 is 2.10 bits per heavy atom. The van der Waals surface area contributed by atoms with E-state index < -0.39 is 0 Å². The van der Waals surface area contributed by atoms with Crippen molar-refractivity contribution in [1.82, 2.24) is 30.1 Å². The Labute approximate surface area is 118 Å². The van der Waals surface area contributed by atoms with Crippen LogP contribution in [-0.4, -0.2) is 77.0 Å². The second-order valence-electron chi connectivity index (χ2n) is 5.85. The third kappa shape index (κ3) is 2.55. The monoisotopic (exact) mass is 278 g/mol. The van der Waals surface area contributed by atoms with Crippen molar-refractivity contribution in [2.45, 2.75) is 24.9 Å². The fourth-order valence-corrected chi connectivity index (χ4v) is 2.74. The van der Waals surface area contributed by atoms with Gasteiger partial charge >= 0.3 is 0 Å². The van der Waals surface area contributed by atoms with E-state index in [0.29, 0.717) is 17.8 Å². The summed E-state index contributed by atoms with van der Waals surface area (Å²) in [5.74, 6) is -0.0157. The summed E-state index contributed by atoms with van der Waals surface area (Å²) >= 11 is 0. The Morgan fingerprint density at radius 3 is 2.70 bits per heavy atom. The fourth-order valence-electron chi connectivity index (χ4n) is 2.74. The van der Waals surface area contributed by atoms with Crippen LogP contribution in [0.1, 0.15) is 29.4 Å². The van der Waals surface area contributed by atoms with E-state index in [4.69, 9.17) is 0 Å². The molecular weight excluding hydrogens is 256 g/mol. The van der Waals surface area contributed by atoms with Crippen molar-refractivity contribution in [3.8, 4) is 0 Å². The van der Waals surface area contributed by atoms with E-state index in [1.165, 1.54) is 0 Å². The zero-order valence-electron chi connectivity index (χ0n) is 12.1. The molecule has 0 atom stereocenters. The molecule has 110 valence electrons. The number of hydrogen-bond donors (Lipinski definition) is 1. The first kappa shape index (κ1) is 13.5. The molecule has 2 saturated heterocycles. The molecule has 20 heavy (non-hydrogen) atoms. The first-order valence-corrected chi connectivity index (χ1v) is 7.23. The molecule has 1 amide bonds. The number of rotatable bonds is 3. The largest absolute Gasteiger partial charge is 0.337 e. The molecule has 0 bridgehead atoms. The molecule has 0 aliphatic carbocycles. The summed E-state index contributed by atoms with van der Waals surface area (Å²) in [6.07, 6.45) is 3.83. The summed E-state index contributed by atoms with van der Waals surface area (Å²) in [6.45, 7) is 3.90. The third-order valence-electron chi connectivity index (χ3n) is 4.42. The molecule has 7 nitrogen and oxygen atoms in total. The van der Waals surface area contributed by atoms with Crippen molar-refractivity contribution in [2.75, 3.05) is 40.3 Å². The number of nitrogens with zero attached hydrogens (tertiary/aromatic N) is 5. The van der Waals surface area contributed by atoms with Crippen LogP contribution in [0.25, 0.3) is 0 Å². The van der Waals surface area contributed by atoms with Crippen LogP contribution in [0.5, 0.6) is 0 Å². The van der Waals surface area contributed by atoms with Gasteiger partial charge in [0.05, 0.1) is 12.2 Å². The first-order chi connectivity index (χ1) is 9.65. The lowest BCUT2D eigenvalue weighted by Gasteiger charge is -2.34. The highest BCUT2D eigenvalue weighted by Crippen LogP contribution is 2.17. The van der Waals surface area contributed by atoms with Gasteiger partial charge in [0.25, 0.3) is 5.91 Å². The van der Waals surface area contributed by atoms with Crippen LogP contribution in [-0.2, 0) is 0 Å². The molecule has 2 aliphatic rings. The van der Waals surface area contributed by atoms with Gasteiger partial charge in [-0.2, -0.15) is 0 Å². The van der Waals surface area contributed by atoms with Gasteiger partial charge in [0.15, 0.2) is 5.69 Å². The standard InChI is InChI=1S/C13H22N6O/c1-17-5-3-10(4-6-17)18(2)13(20)12-9-19(16-15-12)11-7-14-8-11/h9-11,14H,3-8H2,1-2H3. The third-order valence-corrected chi connectivity index (χ3v) is 4.42. The van der Waals surface area contributed by atoms with Crippen LogP contribution in [0.15, 0.2) is 6.20 Å². The summed E-state index contributed by atoms with van der Waals surface area (Å²) in [5, 5.41) is 11.3. The van der Waals surface area contributed by atoms with Gasteiger partial charge in [-0.1, -0.05) is 5.21 Å². The van der Waals surface area contributed by atoms with Crippen molar-refractivity contribution >= 4 is 5.91 Å². The van der Waals surface area contributed by atoms with Gasteiger partial charge in [-0.3, -0.25) is 4.79 Å². The topological polar surface area (TPSA) is 66.3 Å². The average Bonchev–Trinajstić information content (AvgIpc) is 2.85. The smallest absolute Gasteiger partial charge is 0.276 e. The summed E-state index contributed by atoms with van der Waals surface area (Å²) in [5.41, 5.74) is 0.457. The number of likely N-dealkylation sites (tertiary alicyclic amines) is 1. The first-order valence-electron chi connectivity index (χ1n) is 7.23. The Bertz CT molecular complexity index is 475. The number of carbonyl (C=O) groups is 1. The van der Waals surface area contributed by atoms with Gasteiger partial charge in [0.2, 0.25) is 0 Å². The molecule has 2 fully saturated rings. The van der Waals surface area contributed by atoms with Crippen LogP contribution in [0, 0.1) is 0 Å². The van der Waals surface area contributed by atoms with Crippen molar-refractivity contribution in [2.24, 2.45) is 0 Å². The number of piperidine rings is 1. The summed E-state index contributed by atoms with van der Waals surface area (Å²) in [4.78, 5) is 16.6. The van der Waals surface area contributed by atoms with Gasteiger partial charge < -0.3 is 15.1 Å². The van der Waals surface area contributed by atoms with Crippen molar-refractivity contribution in [3.63, 3.8) is 0 Å². The maximum atomic E-state index is 12.4. The summed E-state index contributed by atoms with van der Waals surface area (Å²) < 4.78 is 1.80. The molecule has 2 aliphatic heterocycles. The molecule has 0 radical (unpaired) electrons. The molecule has 3 heterocycles. The van der Waals surface area contributed by atoms with Gasteiger partial charge in [-0.05, 0) is 33.0 Å². The predicted molar refractivity (Wildman–Crippen MR) is 74.5 cm³/mol. The van der Waals surface area contributed by atoms with Crippen LogP contribution in [0.2, 0.25) is 0 Å².